The highest BCUT2D eigenvalue weighted by Gasteiger charge is 2.36. The number of hydrogen-bond acceptors (Lipinski definition) is 5. The van der Waals surface area contributed by atoms with Crippen LogP contribution in [0.2, 0.25) is 10.0 Å². The van der Waals surface area contributed by atoms with Crippen molar-refractivity contribution in [2.45, 2.75) is 20.5 Å². The van der Waals surface area contributed by atoms with E-state index in [1.54, 1.807) is 42.5 Å². The second-order valence-electron chi connectivity index (χ2n) is 8.35. The van der Waals surface area contributed by atoms with Crippen molar-refractivity contribution < 1.29 is 19.1 Å². The molecule has 0 spiro atoms. The lowest BCUT2D eigenvalue weighted by Crippen LogP contribution is -2.36. The van der Waals surface area contributed by atoms with Gasteiger partial charge in [0.15, 0.2) is 0 Å². The maximum Gasteiger partial charge on any atom is 0.294 e. The molecule has 3 aromatic carbocycles. The lowest BCUT2D eigenvalue weighted by molar-refractivity contribution is -0.127. The first-order chi connectivity index (χ1) is 17.6. The van der Waals surface area contributed by atoms with Gasteiger partial charge < -0.3 is 10.1 Å². The van der Waals surface area contributed by atoms with Gasteiger partial charge >= 0.3 is 0 Å². The van der Waals surface area contributed by atoms with E-state index in [2.05, 4.69) is 21.2 Å². The van der Waals surface area contributed by atoms with Gasteiger partial charge in [-0.3, -0.25) is 19.3 Å². The van der Waals surface area contributed by atoms with Crippen molar-refractivity contribution in [3.63, 3.8) is 0 Å². The maximum absolute atomic E-state index is 12.9. The number of thioether (sulfide) groups is 1. The molecule has 6 nitrogen and oxygen atoms in total. The highest BCUT2D eigenvalue weighted by Crippen LogP contribution is 2.34. The molecule has 0 radical (unpaired) electrons. The highest BCUT2D eigenvalue weighted by molar-refractivity contribution is 9.10. The number of carbonyl (C=O) groups excluding carboxylic acids is 3. The molecular weight excluding hydrogens is 599 g/mol. The molecule has 1 saturated heterocycles. The molecule has 3 aromatic rings. The molecule has 1 N–H and O–H groups in total. The van der Waals surface area contributed by atoms with Gasteiger partial charge in [0, 0.05) is 21.3 Å². The highest BCUT2D eigenvalue weighted by atomic mass is 79.9. The van der Waals surface area contributed by atoms with Gasteiger partial charge in [0.25, 0.3) is 11.1 Å². The first-order valence-corrected chi connectivity index (χ1v) is 13.5. The Labute approximate surface area is 237 Å². The normalized spacial score (nSPS) is 14.4. The molecule has 1 aliphatic heterocycles. The summed E-state index contributed by atoms with van der Waals surface area (Å²) in [5.74, 6) is -0.374. The van der Waals surface area contributed by atoms with Crippen molar-refractivity contribution in [2.24, 2.45) is 0 Å². The second-order valence-corrected chi connectivity index (χ2v) is 11.0. The number of ether oxygens (including phenoxy) is 1. The van der Waals surface area contributed by atoms with Crippen molar-refractivity contribution in [1.29, 1.82) is 0 Å². The minimum absolute atomic E-state index is 0.234. The van der Waals surface area contributed by atoms with E-state index in [0.717, 1.165) is 33.4 Å². The summed E-state index contributed by atoms with van der Waals surface area (Å²) in [4.78, 5) is 39.1. The number of amides is 3. The van der Waals surface area contributed by atoms with Gasteiger partial charge in [-0.05, 0) is 94.6 Å². The van der Waals surface area contributed by atoms with Gasteiger partial charge in [-0.2, -0.15) is 0 Å². The number of carbonyl (C=O) groups is 3. The minimum atomic E-state index is -0.514. The topological polar surface area (TPSA) is 75.7 Å². The fourth-order valence-corrected chi connectivity index (χ4v) is 5.32. The van der Waals surface area contributed by atoms with Crippen LogP contribution in [0, 0.1) is 13.8 Å². The Morgan fingerprint density at radius 1 is 1.08 bits per heavy atom. The Morgan fingerprint density at radius 2 is 1.86 bits per heavy atom. The quantitative estimate of drug-likeness (QED) is 0.275. The molecule has 0 saturated carbocycles. The third-order valence-electron chi connectivity index (χ3n) is 5.49. The Hall–Kier alpha value is -2.78. The molecule has 0 aromatic heterocycles. The number of nitrogens with one attached hydrogen (secondary N) is 1. The largest absolute Gasteiger partial charge is 0.488 e. The number of anilines is 1. The molecule has 0 bridgehead atoms. The average Bonchev–Trinajstić information content (AvgIpc) is 3.09. The van der Waals surface area contributed by atoms with Crippen LogP contribution in [0.1, 0.15) is 22.3 Å². The molecule has 4 rings (SSSR count). The molecule has 0 aliphatic carbocycles. The molecule has 1 heterocycles. The van der Waals surface area contributed by atoms with Crippen molar-refractivity contribution in [1.82, 2.24) is 4.90 Å². The van der Waals surface area contributed by atoms with E-state index in [0.29, 0.717) is 31.5 Å². The van der Waals surface area contributed by atoms with E-state index in [1.165, 1.54) is 0 Å². The molecule has 1 aliphatic rings. The number of nitrogens with zero attached hydrogens (tertiary/aromatic N) is 1. The zero-order valence-corrected chi connectivity index (χ0v) is 23.7. The van der Waals surface area contributed by atoms with E-state index in [4.69, 9.17) is 27.9 Å². The van der Waals surface area contributed by atoms with Crippen LogP contribution >= 0.6 is 50.9 Å². The minimum Gasteiger partial charge on any atom is -0.488 e. The molecule has 3 amide bonds. The van der Waals surface area contributed by atoms with Gasteiger partial charge in [0.2, 0.25) is 5.91 Å². The lowest BCUT2D eigenvalue weighted by Gasteiger charge is -2.14. The van der Waals surface area contributed by atoms with Gasteiger partial charge in [-0.1, -0.05) is 47.5 Å². The van der Waals surface area contributed by atoms with Crippen LogP contribution in [-0.2, 0) is 16.2 Å². The molecule has 37 heavy (non-hydrogen) atoms. The Morgan fingerprint density at radius 3 is 2.59 bits per heavy atom. The molecular formula is C27H21BrCl2N2O4S. The van der Waals surface area contributed by atoms with E-state index in [-0.39, 0.29) is 18.1 Å². The number of halogens is 3. The van der Waals surface area contributed by atoms with Crippen LogP contribution in [0.5, 0.6) is 5.75 Å². The predicted molar refractivity (Wildman–Crippen MR) is 152 cm³/mol. The van der Waals surface area contributed by atoms with Crippen molar-refractivity contribution in [3.8, 4) is 5.75 Å². The summed E-state index contributed by atoms with van der Waals surface area (Å²) in [6, 6.07) is 16.2. The summed E-state index contributed by atoms with van der Waals surface area (Å²) >= 11 is 16.4. The van der Waals surface area contributed by atoms with Gasteiger partial charge in [-0.15, -0.1) is 0 Å². The smallest absolute Gasteiger partial charge is 0.294 e. The lowest BCUT2D eigenvalue weighted by atomic mass is 10.1. The average molecular weight is 620 g/mol. The summed E-state index contributed by atoms with van der Waals surface area (Å²) in [6.07, 6.45) is 1.61. The van der Waals surface area contributed by atoms with E-state index < -0.39 is 17.1 Å². The molecule has 10 heteroatoms. The zero-order chi connectivity index (χ0) is 26.7. The van der Waals surface area contributed by atoms with E-state index in [1.807, 2.05) is 32.0 Å². The standard InChI is InChI=1S/C27H21BrCl2N2O4S/c1-15-3-4-16(2)22(9-15)31-25(33)13-32-26(34)24(37-27(32)35)11-17-5-8-23(20(28)10-17)36-14-18-6-7-19(29)12-21(18)30/h3-12H,13-14H2,1-2H3,(H,31,33)/b24-11+. The van der Waals surface area contributed by atoms with Gasteiger partial charge in [0.1, 0.15) is 18.9 Å². The number of hydrogen-bond donors (Lipinski definition) is 1. The maximum atomic E-state index is 12.9. The van der Waals surface area contributed by atoms with E-state index in [9.17, 15) is 14.4 Å². The van der Waals surface area contributed by atoms with Gasteiger partial charge in [-0.25, -0.2) is 0 Å². The van der Waals surface area contributed by atoms with Crippen LogP contribution in [0.4, 0.5) is 10.5 Å². The Balaban J connectivity index is 1.41. The van der Waals surface area contributed by atoms with Crippen LogP contribution < -0.4 is 10.1 Å². The molecule has 190 valence electrons. The molecule has 0 unspecified atom stereocenters. The van der Waals surface area contributed by atoms with Crippen LogP contribution in [0.3, 0.4) is 0 Å². The van der Waals surface area contributed by atoms with Crippen molar-refractivity contribution in [3.05, 3.63) is 96.3 Å². The first kappa shape index (κ1) is 27.3. The zero-order valence-electron chi connectivity index (χ0n) is 19.8. The van der Waals surface area contributed by atoms with Crippen LogP contribution in [0.25, 0.3) is 6.08 Å². The van der Waals surface area contributed by atoms with E-state index >= 15 is 0 Å². The predicted octanol–water partition coefficient (Wildman–Crippen LogP) is 7.63. The third kappa shape index (κ3) is 6.76. The number of benzene rings is 3. The van der Waals surface area contributed by atoms with Crippen molar-refractivity contribution in [2.75, 3.05) is 11.9 Å². The summed E-state index contributed by atoms with van der Waals surface area (Å²) < 4.78 is 6.52. The second kappa shape index (κ2) is 11.7. The summed E-state index contributed by atoms with van der Waals surface area (Å²) in [5, 5.41) is 3.34. The Bertz CT molecular complexity index is 1440. The van der Waals surface area contributed by atoms with Gasteiger partial charge in [0.05, 0.1) is 9.38 Å². The summed E-state index contributed by atoms with van der Waals surface area (Å²) in [5.41, 5.74) is 4.01. The van der Waals surface area contributed by atoms with Crippen molar-refractivity contribution >= 4 is 79.7 Å². The fourth-order valence-electron chi connectivity index (χ4n) is 3.51. The molecule has 0 atom stereocenters. The number of imide groups is 1. The molecule has 1 fully saturated rings. The SMILES string of the molecule is Cc1ccc(C)c(NC(=O)CN2C(=O)S/C(=C/c3ccc(OCc4ccc(Cl)cc4Cl)c(Br)c3)C2=O)c1. The van der Waals surface area contributed by atoms with Crippen LogP contribution in [-0.4, -0.2) is 28.5 Å². The fraction of sp³-hybridized carbons (Fsp3) is 0.148. The first-order valence-electron chi connectivity index (χ1n) is 11.1. The monoisotopic (exact) mass is 618 g/mol. The summed E-state index contributed by atoms with van der Waals surface area (Å²) in [7, 11) is 0. The Kier molecular flexibility index (Phi) is 8.64. The number of aryl methyl sites for hydroxylation is 2. The van der Waals surface area contributed by atoms with Crippen LogP contribution in [0.15, 0.2) is 64.0 Å². The third-order valence-corrected chi connectivity index (χ3v) is 7.61. The number of rotatable bonds is 7. The summed E-state index contributed by atoms with van der Waals surface area (Å²) in [6.45, 7) is 3.68.